The molecule has 246 valence electrons. The van der Waals surface area contributed by atoms with Gasteiger partial charge in [0.15, 0.2) is 0 Å². The van der Waals surface area contributed by atoms with E-state index < -0.39 is 27.2 Å². The number of allylic oxidation sites excluding steroid dienone is 2. The summed E-state index contributed by atoms with van der Waals surface area (Å²) in [4.78, 5) is 34.8. The Balaban J connectivity index is 1.29. The standard InChI is InChI=1S/C37H52N2O6/c1-22-11-14-34(5)17-18-36(7)27(31(34)23(22)2)9-10-29-35(6)15-13-30(33(3,4)28(35)12-16-37(29,36)8)45-32(40)24-19-25(38(41)42)21-26(20-24)39(43)44/h9,19-23,28-31H,10-18H2,1-8H3/t22-,23-,28+,29+,30+,31+,34-,35+,36-,37+/m1/s1. The maximum Gasteiger partial charge on any atom is 0.338 e. The number of hydrogen-bond donors (Lipinski definition) is 0. The van der Waals surface area contributed by atoms with E-state index in [1.54, 1.807) is 5.57 Å². The van der Waals surface area contributed by atoms with Crippen molar-refractivity contribution < 1.29 is 19.4 Å². The number of carbonyl (C=O) groups is 1. The molecule has 0 aliphatic heterocycles. The van der Waals surface area contributed by atoms with Crippen molar-refractivity contribution in [2.24, 2.45) is 56.7 Å². The van der Waals surface area contributed by atoms with Gasteiger partial charge in [0, 0.05) is 17.5 Å². The number of nitrogens with zero attached hydrogens (tertiary/aromatic N) is 2. The number of fused-ring (bicyclic) bond motifs is 7. The average Bonchev–Trinajstić information content (AvgIpc) is 2.97. The summed E-state index contributed by atoms with van der Waals surface area (Å²) in [6, 6.07) is 3.03. The minimum absolute atomic E-state index is 0.0843. The maximum absolute atomic E-state index is 13.4. The van der Waals surface area contributed by atoms with E-state index in [1.165, 1.54) is 25.7 Å². The zero-order chi connectivity index (χ0) is 32.9. The van der Waals surface area contributed by atoms with Crippen molar-refractivity contribution in [1.29, 1.82) is 0 Å². The van der Waals surface area contributed by atoms with Crippen LogP contribution in [-0.2, 0) is 4.74 Å². The van der Waals surface area contributed by atoms with Crippen molar-refractivity contribution in [3.63, 3.8) is 0 Å². The van der Waals surface area contributed by atoms with E-state index >= 15 is 0 Å². The Hall–Kier alpha value is -2.77. The lowest BCUT2D eigenvalue weighted by Crippen LogP contribution is -2.65. The van der Waals surface area contributed by atoms with Crippen molar-refractivity contribution >= 4 is 17.3 Å². The van der Waals surface area contributed by atoms with Gasteiger partial charge in [-0.1, -0.05) is 67.0 Å². The van der Waals surface area contributed by atoms with Crippen LogP contribution >= 0.6 is 0 Å². The predicted molar refractivity (Wildman–Crippen MR) is 174 cm³/mol. The third kappa shape index (κ3) is 4.54. The van der Waals surface area contributed by atoms with E-state index in [9.17, 15) is 25.0 Å². The molecule has 0 radical (unpaired) electrons. The monoisotopic (exact) mass is 620 g/mol. The average molecular weight is 621 g/mol. The zero-order valence-electron chi connectivity index (χ0n) is 28.5. The van der Waals surface area contributed by atoms with Crippen LogP contribution in [0.1, 0.15) is 124 Å². The SMILES string of the molecule is C[C@@H]1[C@H](C)CC[C@]2(C)CC[C@]3(C)C(=CC[C@H]4[C@@]5(C)CC[C@H](OC(=O)c6cc([N+](=O)[O-])cc([N+](=O)[O-])c6)C(C)(C)[C@@H]5CC[C@@]43C)[C@H]12. The Kier molecular flexibility index (Phi) is 7.41. The summed E-state index contributed by atoms with van der Waals surface area (Å²) in [6.45, 7) is 19.7. The summed E-state index contributed by atoms with van der Waals surface area (Å²) in [5.74, 6) is 2.28. The first-order valence-electron chi connectivity index (χ1n) is 17.2. The smallest absolute Gasteiger partial charge is 0.338 e. The molecule has 5 aliphatic rings. The van der Waals surface area contributed by atoms with Crippen LogP contribution < -0.4 is 0 Å². The fourth-order valence-corrected chi connectivity index (χ4v) is 12.2. The van der Waals surface area contributed by atoms with Gasteiger partial charge in [0.1, 0.15) is 6.10 Å². The highest BCUT2D eigenvalue weighted by Gasteiger charge is 2.68. The zero-order valence-corrected chi connectivity index (χ0v) is 28.5. The number of nitro benzene ring substituents is 2. The van der Waals surface area contributed by atoms with Gasteiger partial charge < -0.3 is 4.74 Å². The van der Waals surface area contributed by atoms with E-state index in [0.29, 0.717) is 35.5 Å². The summed E-state index contributed by atoms with van der Waals surface area (Å²) in [6.07, 6.45) is 12.6. The topological polar surface area (TPSA) is 113 Å². The van der Waals surface area contributed by atoms with E-state index in [2.05, 4.69) is 61.5 Å². The van der Waals surface area contributed by atoms with Crippen molar-refractivity contribution in [2.75, 3.05) is 0 Å². The highest BCUT2D eigenvalue weighted by molar-refractivity contribution is 5.91. The van der Waals surface area contributed by atoms with E-state index in [4.69, 9.17) is 4.74 Å². The van der Waals surface area contributed by atoms with Gasteiger partial charge in [-0.25, -0.2) is 4.79 Å². The molecule has 0 heterocycles. The van der Waals surface area contributed by atoms with Crippen LogP contribution in [-0.4, -0.2) is 21.9 Å². The molecule has 5 aliphatic carbocycles. The molecule has 4 fully saturated rings. The second kappa shape index (κ2) is 10.4. The van der Waals surface area contributed by atoms with Crippen LogP contribution in [0.2, 0.25) is 0 Å². The normalized spacial score (nSPS) is 43.4. The lowest BCUT2D eigenvalue weighted by Gasteiger charge is -2.71. The second-order valence-corrected chi connectivity index (χ2v) is 17.3. The summed E-state index contributed by atoms with van der Waals surface area (Å²) in [5, 5.41) is 22.9. The molecule has 45 heavy (non-hydrogen) atoms. The minimum Gasteiger partial charge on any atom is -0.458 e. The largest absolute Gasteiger partial charge is 0.458 e. The number of esters is 1. The van der Waals surface area contributed by atoms with Gasteiger partial charge in [-0.3, -0.25) is 20.2 Å². The Morgan fingerprint density at radius 3 is 2.09 bits per heavy atom. The first-order valence-corrected chi connectivity index (χ1v) is 17.2. The predicted octanol–water partition coefficient (Wildman–Crippen LogP) is 9.71. The summed E-state index contributed by atoms with van der Waals surface area (Å²) >= 11 is 0. The number of rotatable bonds is 4. The molecular formula is C37H52N2O6. The van der Waals surface area contributed by atoms with Crippen LogP contribution in [0.25, 0.3) is 0 Å². The third-order valence-electron chi connectivity index (χ3n) is 15.1. The molecule has 6 rings (SSSR count). The Morgan fingerprint density at radius 1 is 0.822 bits per heavy atom. The molecule has 1 aromatic carbocycles. The minimum atomic E-state index is -0.733. The molecule has 4 saturated carbocycles. The molecule has 8 heteroatoms. The molecule has 0 aromatic heterocycles. The van der Waals surface area contributed by atoms with Crippen LogP contribution in [0.3, 0.4) is 0 Å². The number of hydrogen-bond acceptors (Lipinski definition) is 6. The highest BCUT2D eigenvalue weighted by Crippen LogP contribution is 2.75. The molecule has 0 saturated heterocycles. The summed E-state index contributed by atoms with van der Waals surface area (Å²) in [7, 11) is 0. The van der Waals surface area contributed by atoms with Crippen LogP contribution in [0, 0.1) is 76.9 Å². The molecule has 0 amide bonds. The van der Waals surface area contributed by atoms with Gasteiger partial charge >= 0.3 is 5.97 Å². The van der Waals surface area contributed by atoms with Crippen molar-refractivity contribution in [1.82, 2.24) is 0 Å². The van der Waals surface area contributed by atoms with E-state index in [1.807, 2.05) is 0 Å². The van der Waals surface area contributed by atoms with Gasteiger partial charge in [0.05, 0.1) is 21.5 Å². The molecule has 8 nitrogen and oxygen atoms in total. The summed E-state index contributed by atoms with van der Waals surface area (Å²) < 4.78 is 6.12. The summed E-state index contributed by atoms with van der Waals surface area (Å²) in [5.41, 5.74) is 1.20. The number of ether oxygens (including phenoxy) is 1. The fourth-order valence-electron chi connectivity index (χ4n) is 12.2. The van der Waals surface area contributed by atoms with Gasteiger partial charge in [0.2, 0.25) is 0 Å². The van der Waals surface area contributed by atoms with Crippen LogP contribution in [0.5, 0.6) is 0 Å². The number of nitro groups is 2. The molecule has 0 unspecified atom stereocenters. The number of benzene rings is 1. The van der Waals surface area contributed by atoms with Gasteiger partial charge in [0.25, 0.3) is 11.4 Å². The van der Waals surface area contributed by atoms with E-state index in [-0.39, 0.29) is 33.3 Å². The molecule has 0 bridgehead atoms. The van der Waals surface area contributed by atoms with Crippen molar-refractivity contribution in [3.8, 4) is 0 Å². The van der Waals surface area contributed by atoms with Crippen LogP contribution in [0.4, 0.5) is 11.4 Å². The third-order valence-corrected chi connectivity index (χ3v) is 15.1. The van der Waals surface area contributed by atoms with Crippen LogP contribution in [0.15, 0.2) is 29.8 Å². The molecule has 0 spiro atoms. The van der Waals surface area contributed by atoms with Gasteiger partial charge in [-0.05, 0) is 109 Å². The van der Waals surface area contributed by atoms with Crippen molar-refractivity contribution in [2.45, 2.75) is 119 Å². The molecular weight excluding hydrogens is 568 g/mol. The fraction of sp³-hybridized carbons (Fsp3) is 0.757. The van der Waals surface area contributed by atoms with E-state index in [0.717, 1.165) is 49.8 Å². The lowest BCUT2D eigenvalue weighted by atomic mass is 9.33. The lowest BCUT2D eigenvalue weighted by molar-refractivity contribution is -0.394. The van der Waals surface area contributed by atoms with Gasteiger partial charge in [-0.15, -0.1) is 0 Å². The van der Waals surface area contributed by atoms with Crippen molar-refractivity contribution in [3.05, 3.63) is 55.6 Å². The molecule has 1 aromatic rings. The van der Waals surface area contributed by atoms with Gasteiger partial charge in [-0.2, -0.15) is 0 Å². The quantitative estimate of drug-likeness (QED) is 0.143. The Bertz CT molecular complexity index is 1440. The number of non-ortho nitro benzene ring substituents is 2. The first-order chi connectivity index (χ1) is 20.9. The second-order valence-electron chi connectivity index (χ2n) is 17.3. The Morgan fingerprint density at radius 2 is 1.47 bits per heavy atom. The Labute approximate surface area is 268 Å². The highest BCUT2D eigenvalue weighted by atomic mass is 16.6. The molecule has 10 atom stereocenters. The first kappa shape index (κ1) is 32.2. The molecule has 0 N–H and O–H groups in total. The maximum atomic E-state index is 13.4. The number of carbonyl (C=O) groups excluding carboxylic acids is 1.